The van der Waals surface area contributed by atoms with Crippen molar-refractivity contribution >= 4 is 18.0 Å². The standard InChI is InChI=1S/C16H19NO6/c1-21-14(18)9-12-8-13(10-17(12)16(20)22-2)23-15(19)11-6-4-3-5-7-11/h3-7,12-13H,8-10H2,1-2H3/t12-,13-/m1/s1. The summed E-state index contributed by atoms with van der Waals surface area (Å²) < 4.78 is 14.8. The number of benzene rings is 1. The highest BCUT2D eigenvalue weighted by molar-refractivity contribution is 5.89. The fourth-order valence-electron chi connectivity index (χ4n) is 2.56. The third-order valence-electron chi connectivity index (χ3n) is 3.70. The van der Waals surface area contributed by atoms with Crippen molar-refractivity contribution in [1.82, 2.24) is 4.90 Å². The molecule has 0 unspecified atom stereocenters. The van der Waals surface area contributed by atoms with E-state index in [2.05, 4.69) is 4.74 Å². The van der Waals surface area contributed by atoms with Gasteiger partial charge in [0.05, 0.1) is 32.7 Å². The van der Waals surface area contributed by atoms with Crippen LogP contribution in [-0.2, 0) is 19.0 Å². The highest BCUT2D eigenvalue weighted by Crippen LogP contribution is 2.25. The zero-order valence-corrected chi connectivity index (χ0v) is 13.1. The number of nitrogens with zero attached hydrogens (tertiary/aromatic N) is 1. The average Bonchev–Trinajstić information content (AvgIpc) is 2.96. The molecule has 1 aromatic rings. The normalized spacial score (nSPS) is 20.0. The molecule has 1 aliphatic rings. The molecule has 0 aromatic heterocycles. The second-order valence-corrected chi connectivity index (χ2v) is 5.19. The van der Waals surface area contributed by atoms with E-state index in [4.69, 9.17) is 9.47 Å². The lowest BCUT2D eigenvalue weighted by Crippen LogP contribution is -2.37. The number of likely N-dealkylation sites (tertiary alicyclic amines) is 1. The highest BCUT2D eigenvalue weighted by atomic mass is 16.6. The van der Waals surface area contributed by atoms with Crippen molar-refractivity contribution in [2.75, 3.05) is 20.8 Å². The van der Waals surface area contributed by atoms with Gasteiger partial charge in [0.2, 0.25) is 0 Å². The molecule has 0 aliphatic carbocycles. The molecule has 0 bridgehead atoms. The van der Waals surface area contributed by atoms with Crippen LogP contribution < -0.4 is 0 Å². The summed E-state index contributed by atoms with van der Waals surface area (Å²) in [6.45, 7) is 0.187. The summed E-state index contributed by atoms with van der Waals surface area (Å²) in [4.78, 5) is 36.7. The van der Waals surface area contributed by atoms with E-state index < -0.39 is 30.2 Å². The molecule has 7 heteroatoms. The Hall–Kier alpha value is -2.57. The van der Waals surface area contributed by atoms with Crippen molar-refractivity contribution in [3.63, 3.8) is 0 Å². The summed E-state index contributed by atoms with van der Waals surface area (Å²) in [7, 11) is 2.55. The van der Waals surface area contributed by atoms with E-state index in [0.29, 0.717) is 12.0 Å². The lowest BCUT2D eigenvalue weighted by Gasteiger charge is -2.21. The summed E-state index contributed by atoms with van der Waals surface area (Å²) >= 11 is 0. The molecule has 1 aromatic carbocycles. The monoisotopic (exact) mass is 321 g/mol. The number of carbonyl (C=O) groups is 3. The van der Waals surface area contributed by atoms with Gasteiger partial charge >= 0.3 is 18.0 Å². The fraction of sp³-hybridized carbons (Fsp3) is 0.438. The van der Waals surface area contributed by atoms with E-state index >= 15 is 0 Å². The summed E-state index contributed by atoms with van der Waals surface area (Å²) in [5.74, 6) is -0.891. The van der Waals surface area contributed by atoms with Gasteiger partial charge in [0.1, 0.15) is 6.10 Å². The molecule has 2 atom stereocenters. The predicted octanol–water partition coefficient (Wildman–Crippen LogP) is 1.62. The molecule has 1 aliphatic heterocycles. The van der Waals surface area contributed by atoms with Gasteiger partial charge in [-0.3, -0.25) is 4.79 Å². The Bertz CT molecular complexity index is 573. The second kappa shape index (κ2) is 7.62. The molecule has 0 spiro atoms. The summed E-state index contributed by atoms with van der Waals surface area (Å²) in [5.41, 5.74) is 0.438. The second-order valence-electron chi connectivity index (χ2n) is 5.19. The summed E-state index contributed by atoms with van der Waals surface area (Å²) in [6.07, 6.45) is -0.651. The molecule has 1 heterocycles. The third-order valence-corrected chi connectivity index (χ3v) is 3.70. The molecule has 0 saturated carbocycles. The molecule has 0 N–H and O–H groups in total. The van der Waals surface area contributed by atoms with Crippen molar-refractivity contribution in [2.45, 2.75) is 25.0 Å². The molecule has 1 saturated heterocycles. The van der Waals surface area contributed by atoms with Crippen LogP contribution >= 0.6 is 0 Å². The maximum absolute atomic E-state index is 12.1. The summed E-state index contributed by atoms with van der Waals surface area (Å²) in [5, 5.41) is 0. The SMILES string of the molecule is COC(=O)C[C@H]1C[C@@H](OC(=O)c2ccccc2)CN1C(=O)OC. The van der Waals surface area contributed by atoms with E-state index in [1.807, 2.05) is 0 Å². The number of ether oxygens (including phenoxy) is 3. The van der Waals surface area contributed by atoms with Gasteiger partial charge in [-0.05, 0) is 12.1 Å². The Labute approximate surface area is 134 Å². The third kappa shape index (κ3) is 4.21. The van der Waals surface area contributed by atoms with Gasteiger partial charge in [-0.25, -0.2) is 9.59 Å². The zero-order valence-electron chi connectivity index (χ0n) is 13.1. The molecule has 2 rings (SSSR count). The predicted molar refractivity (Wildman–Crippen MR) is 79.8 cm³/mol. The van der Waals surface area contributed by atoms with Crippen molar-refractivity contribution in [1.29, 1.82) is 0 Å². The van der Waals surface area contributed by atoms with Gasteiger partial charge in [-0.15, -0.1) is 0 Å². The lowest BCUT2D eigenvalue weighted by atomic mass is 10.1. The molecular formula is C16H19NO6. The van der Waals surface area contributed by atoms with E-state index in [0.717, 1.165) is 0 Å². The number of hydrogen-bond acceptors (Lipinski definition) is 6. The minimum Gasteiger partial charge on any atom is -0.469 e. The van der Waals surface area contributed by atoms with Gasteiger partial charge in [0.15, 0.2) is 0 Å². The van der Waals surface area contributed by atoms with Gasteiger partial charge in [-0.2, -0.15) is 0 Å². The zero-order chi connectivity index (χ0) is 16.8. The quantitative estimate of drug-likeness (QED) is 0.619. The molecule has 1 fully saturated rings. The van der Waals surface area contributed by atoms with Crippen LogP contribution in [0.4, 0.5) is 4.79 Å². The van der Waals surface area contributed by atoms with E-state index in [-0.39, 0.29) is 13.0 Å². The Morgan fingerprint density at radius 3 is 2.43 bits per heavy atom. The average molecular weight is 321 g/mol. The van der Waals surface area contributed by atoms with Crippen LogP contribution in [0.15, 0.2) is 30.3 Å². The smallest absolute Gasteiger partial charge is 0.409 e. The van der Waals surface area contributed by atoms with Gasteiger partial charge in [0.25, 0.3) is 0 Å². The Morgan fingerprint density at radius 1 is 1.13 bits per heavy atom. The maximum Gasteiger partial charge on any atom is 0.409 e. The molecule has 124 valence electrons. The number of hydrogen-bond donors (Lipinski definition) is 0. The first-order chi connectivity index (χ1) is 11.0. The summed E-state index contributed by atoms with van der Waals surface area (Å²) in [6, 6.07) is 8.18. The van der Waals surface area contributed by atoms with Crippen LogP contribution in [0, 0.1) is 0 Å². The molecule has 1 amide bonds. The first-order valence-electron chi connectivity index (χ1n) is 7.22. The number of carbonyl (C=O) groups excluding carboxylic acids is 3. The van der Waals surface area contributed by atoms with Crippen molar-refractivity contribution in [3.05, 3.63) is 35.9 Å². The van der Waals surface area contributed by atoms with Crippen molar-refractivity contribution < 1.29 is 28.6 Å². The topological polar surface area (TPSA) is 82.1 Å². The largest absolute Gasteiger partial charge is 0.469 e. The van der Waals surface area contributed by atoms with Crippen LogP contribution in [0.5, 0.6) is 0 Å². The van der Waals surface area contributed by atoms with E-state index in [9.17, 15) is 14.4 Å². The number of amides is 1. The first-order valence-corrected chi connectivity index (χ1v) is 7.22. The van der Waals surface area contributed by atoms with E-state index in [1.165, 1.54) is 19.1 Å². The molecule has 7 nitrogen and oxygen atoms in total. The van der Waals surface area contributed by atoms with Crippen molar-refractivity contribution in [2.24, 2.45) is 0 Å². The van der Waals surface area contributed by atoms with Gasteiger partial charge < -0.3 is 19.1 Å². The number of methoxy groups -OCH3 is 2. The van der Waals surface area contributed by atoms with Crippen LogP contribution in [0.25, 0.3) is 0 Å². The lowest BCUT2D eigenvalue weighted by molar-refractivity contribution is -0.141. The Kier molecular flexibility index (Phi) is 5.56. The molecule has 23 heavy (non-hydrogen) atoms. The maximum atomic E-state index is 12.1. The van der Waals surface area contributed by atoms with E-state index in [1.54, 1.807) is 30.3 Å². The van der Waals surface area contributed by atoms with Crippen LogP contribution in [0.1, 0.15) is 23.2 Å². The van der Waals surface area contributed by atoms with Crippen LogP contribution in [0.2, 0.25) is 0 Å². The van der Waals surface area contributed by atoms with Gasteiger partial charge in [0, 0.05) is 12.5 Å². The van der Waals surface area contributed by atoms with Crippen LogP contribution in [-0.4, -0.2) is 55.8 Å². The Balaban J connectivity index is 2.02. The first kappa shape index (κ1) is 16.8. The molecular weight excluding hydrogens is 302 g/mol. The Morgan fingerprint density at radius 2 is 1.83 bits per heavy atom. The fourth-order valence-corrected chi connectivity index (χ4v) is 2.56. The molecule has 0 radical (unpaired) electrons. The minimum absolute atomic E-state index is 0.0327. The van der Waals surface area contributed by atoms with Crippen LogP contribution in [0.3, 0.4) is 0 Å². The minimum atomic E-state index is -0.558. The van der Waals surface area contributed by atoms with Crippen molar-refractivity contribution in [3.8, 4) is 0 Å². The number of esters is 2. The number of rotatable bonds is 4. The highest BCUT2D eigenvalue weighted by Gasteiger charge is 2.39. The van der Waals surface area contributed by atoms with Gasteiger partial charge in [-0.1, -0.05) is 18.2 Å².